The van der Waals surface area contributed by atoms with Gasteiger partial charge in [0.25, 0.3) is 0 Å². The van der Waals surface area contributed by atoms with Crippen LogP contribution >= 0.6 is 0 Å². The van der Waals surface area contributed by atoms with E-state index in [0.29, 0.717) is 6.04 Å². The van der Waals surface area contributed by atoms with Crippen molar-refractivity contribution in [1.82, 2.24) is 9.88 Å². The van der Waals surface area contributed by atoms with Gasteiger partial charge in [0.1, 0.15) is 5.75 Å². The maximum atomic E-state index is 9.48. The third-order valence-electron chi connectivity index (χ3n) is 4.91. The first-order chi connectivity index (χ1) is 10.8. The minimum Gasteiger partial charge on any atom is -0.496 e. The van der Waals surface area contributed by atoms with Crippen molar-refractivity contribution in [3.8, 4) is 5.75 Å². The van der Waals surface area contributed by atoms with Crippen molar-refractivity contribution in [2.45, 2.75) is 38.6 Å². The fourth-order valence-corrected chi connectivity index (χ4v) is 3.73. The lowest BCUT2D eigenvalue weighted by atomic mass is 10.0. The van der Waals surface area contributed by atoms with E-state index in [-0.39, 0.29) is 6.61 Å². The number of rotatable bonds is 6. The lowest BCUT2D eigenvalue weighted by molar-refractivity contribution is 0.160. The quantitative estimate of drug-likeness (QED) is 0.862. The van der Waals surface area contributed by atoms with Crippen molar-refractivity contribution < 1.29 is 9.84 Å². The smallest absolute Gasteiger partial charge is 0.128 e. The summed E-state index contributed by atoms with van der Waals surface area (Å²) in [6, 6.07) is 6.53. The Kier molecular flexibility index (Phi) is 4.69. The number of nitrogens with one attached hydrogen (secondary N) is 1. The molecule has 0 saturated carbocycles. The van der Waals surface area contributed by atoms with E-state index in [9.17, 15) is 5.11 Å². The zero-order valence-corrected chi connectivity index (χ0v) is 13.6. The number of aromatic amines is 1. The van der Waals surface area contributed by atoms with E-state index in [4.69, 9.17) is 4.74 Å². The van der Waals surface area contributed by atoms with E-state index in [2.05, 4.69) is 22.9 Å². The average molecular weight is 302 g/mol. The van der Waals surface area contributed by atoms with Crippen LogP contribution in [-0.2, 0) is 12.8 Å². The van der Waals surface area contributed by atoms with E-state index >= 15 is 0 Å². The minimum absolute atomic E-state index is 0.276. The third kappa shape index (κ3) is 2.73. The maximum Gasteiger partial charge on any atom is 0.128 e. The van der Waals surface area contributed by atoms with Gasteiger partial charge in [-0.25, -0.2) is 0 Å². The van der Waals surface area contributed by atoms with Crippen LogP contribution in [0.1, 0.15) is 31.0 Å². The molecule has 4 nitrogen and oxygen atoms in total. The van der Waals surface area contributed by atoms with Gasteiger partial charge < -0.3 is 14.8 Å². The van der Waals surface area contributed by atoms with Gasteiger partial charge in [0.15, 0.2) is 0 Å². The number of ether oxygens (including phenoxy) is 1. The van der Waals surface area contributed by atoms with E-state index in [0.717, 1.165) is 43.6 Å². The summed E-state index contributed by atoms with van der Waals surface area (Å²) in [5, 5.41) is 10.7. The second-order valence-corrected chi connectivity index (χ2v) is 6.08. The van der Waals surface area contributed by atoms with Crippen LogP contribution in [0.25, 0.3) is 10.9 Å². The van der Waals surface area contributed by atoms with Crippen LogP contribution in [0.4, 0.5) is 0 Å². The molecule has 0 spiro atoms. The number of benzene rings is 1. The molecule has 1 atom stereocenters. The van der Waals surface area contributed by atoms with Crippen molar-refractivity contribution in [2.24, 2.45) is 0 Å². The lowest BCUT2D eigenvalue weighted by Crippen LogP contribution is -2.33. The van der Waals surface area contributed by atoms with Crippen LogP contribution in [0.3, 0.4) is 0 Å². The predicted molar refractivity (Wildman–Crippen MR) is 89.6 cm³/mol. The number of aliphatic hydroxyl groups excluding tert-OH is 1. The molecule has 0 amide bonds. The van der Waals surface area contributed by atoms with E-state index < -0.39 is 0 Å². The SMILES string of the molecule is CCc1[nH]c2cccc(OC)c2c1CCN1CCC[C@H]1CO. The van der Waals surface area contributed by atoms with Crippen molar-refractivity contribution in [3.63, 3.8) is 0 Å². The summed E-state index contributed by atoms with van der Waals surface area (Å²) in [7, 11) is 1.74. The van der Waals surface area contributed by atoms with Crippen LogP contribution in [0.2, 0.25) is 0 Å². The molecule has 0 radical (unpaired) electrons. The van der Waals surface area contributed by atoms with Crippen LogP contribution in [0, 0.1) is 0 Å². The Morgan fingerprint density at radius 1 is 1.41 bits per heavy atom. The molecule has 3 rings (SSSR count). The Hall–Kier alpha value is -1.52. The number of aromatic nitrogens is 1. The van der Waals surface area contributed by atoms with Gasteiger partial charge >= 0.3 is 0 Å². The van der Waals surface area contributed by atoms with Gasteiger partial charge in [-0.2, -0.15) is 0 Å². The molecule has 0 bridgehead atoms. The first-order valence-electron chi connectivity index (χ1n) is 8.29. The Balaban J connectivity index is 1.88. The van der Waals surface area contributed by atoms with E-state index in [1.807, 2.05) is 12.1 Å². The van der Waals surface area contributed by atoms with Crippen LogP contribution in [-0.4, -0.2) is 47.8 Å². The van der Waals surface area contributed by atoms with Gasteiger partial charge in [0.2, 0.25) is 0 Å². The Morgan fingerprint density at radius 2 is 2.27 bits per heavy atom. The number of likely N-dealkylation sites (tertiary alicyclic amines) is 1. The number of aliphatic hydroxyl groups is 1. The average Bonchev–Trinajstić information content (AvgIpc) is 3.15. The molecular weight excluding hydrogens is 276 g/mol. The highest BCUT2D eigenvalue weighted by Gasteiger charge is 2.24. The first-order valence-corrected chi connectivity index (χ1v) is 8.29. The van der Waals surface area contributed by atoms with Crippen molar-refractivity contribution in [1.29, 1.82) is 0 Å². The van der Waals surface area contributed by atoms with Gasteiger partial charge in [-0.3, -0.25) is 4.90 Å². The van der Waals surface area contributed by atoms with Crippen molar-refractivity contribution in [2.75, 3.05) is 26.8 Å². The van der Waals surface area contributed by atoms with Gasteiger partial charge in [0, 0.05) is 29.2 Å². The zero-order valence-electron chi connectivity index (χ0n) is 13.6. The number of H-pyrrole nitrogens is 1. The molecule has 2 heterocycles. The highest BCUT2D eigenvalue weighted by molar-refractivity contribution is 5.90. The molecule has 1 aromatic heterocycles. The van der Waals surface area contributed by atoms with E-state index in [1.54, 1.807) is 7.11 Å². The summed E-state index contributed by atoms with van der Waals surface area (Å²) >= 11 is 0. The summed E-state index contributed by atoms with van der Waals surface area (Å²) in [6.07, 6.45) is 4.31. The number of hydrogen-bond donors (Lipinski definition) is 2. The molecule has 0 unspecified atom stereocenters. The number of nitrogens with zero attached hydrogens (tertiary/aromatic N) is 1. The number of methoxy groups -OCH3 is 1. The topological polar surface area (TPSA) is 48.5 Å². The van der Waals surface area contributed by atoms with E-state index in [1.165, 1.54) is 23.1 Å². The number of hydrogen-bond acceptors (Lipinski definition) is 3. The Labute approximate surface area is 132 Å². The van der Waals surface area contributed by atoms with Gasteiger partial charge in [-0.15, -0.1) is 0 Å². The van der Waals surface area contributed by atoms with Crippen molar-refractivity contribution >= 4 is 10.9 Å². The molecule has 1 aliphatic rings. The number of fused-ring (bicyclic) bond motifs is 1. The van der Waals surface area contributed by atoms with Crippen LogP contribution < -0.4 is 4.74 Å². The molecule has 0 aliphatic carbocycles. The fraction of sp³-hybridized carbons (Fsp3) is 0.556. The second kappa shape index (κ2) is 6.71. The maximum absolute atomic E-state index is 9.48. The monoisotopic (exact) mass is 302 g/mol. The zero-order chi connectivity index (χ0) is 15.5. The third-order valence-corrected chi connectivity index (χ3v) is 4.91. The van der Waals surface area contributed by atoms with Crippen LogP contribution in [0.15, 0.2) is 18.2 Å². The Bertz CT molecular complexity index is 635. The molecule has 120 valence electrons. The van der Waals surface area contributed by atoms with Gasteiger partial charge in [0.05, 0.1) is 13.7 Å². The highest BCUT2D eigenvalue weighted by Crippen LogP contribution is 2.32. The molecular formula is C18H26N2O2. The first kappa shape index (κ1) is 15.4. The van der Waals surface area contributed by atoms with Gasteiger partial charge in [-0.1, -0.05) is 13.0 Å². The minimum atomic E-state index is 0.276. The molecule has 1 saturated heterocycles. The highest BCUT2D eigenvalue weighted by atomic mass is 16.5. The standard InChI is InChI=1S/C18H26N2O2/c1-3-15-14(9-11-20-10-5-6-13(20)12-21)18-16(19-15)7-4-8-17(18)22-2/h4,7-8,13,19,21H,3,5-6,9-12H2,1-2H3/t13-/m0/s1. The number of aryl methyl sites for hydroxylation is 1. The van der Waals surface area contributed by atoms with Crippen LogP contribution in [0.5, 0.6) is 5.75 Å². The molecule has 1 fully saturated rings. The summed E-state index contributed by atoms with van der Waals surface area (Å²) in [5.41, 5.74) is 3.84. The summed E-state index contributed by atoms with van der Waals surface area (Å²) < 4.78 is 5.57. The molecule has 2 aromatic rings. The molecule has 2 N–H and O–H groups in total. The fourth-order valence-electron chi connectivity index (χ4n) is 3.73. The normalized spacial score (nSPS) is 19.1. The molecule has 4 heteroatoms. The van der Waals surface area contributed by atoms with Crippen molar-refractivity contribution in [3.05, 3.63) is 29.5 Å². The predicted octanol–water partition coefficient (Wildman–Crippen LogP) is 2.74. The second-order valence-electron chi connectivity index (χ2n) is 6.08. The summed E-state index contributed by atoms with van der Waals surface area (Å²) in [4.78, 5) is 5.97. The van der Waals surface area contributed by atoms with Gasteiger partial charge in [-0.05, 0) is 49.9 Å². The summed E-state index contributed by atoms with van der Waals surface area (Å²) in [6.45, 7) is 4.57. The largest absolute Gasteiger partial charge is 0.496 e. The molecule has 1 aliphatic heterocycles. The lowest BCUT2D eigenvalue weighted by Gasteiger charge is -2.22. The Morgan fingerprint density at radius 3 is 3.00 bits per heavy atom. The summed E-state index contributed by atoms with van der Waals surface area (Å²) in [5.74, 6) is 0.948. The molecule has 1 aromatic carbocycles. The molecule has 22 heavy (non-hydrogen) atoms.